The lowest BCUT2D eigenvalue weighted by atomic mass is 9.84. The summed E-state index contributed by atoms with van der Waals surface area (Å²) < 4.78 is 31.0. The Morgan fingerprint density at radius 2 is 1.40 bits per heavy atom. The standard InChI is InChI=1S/C17H35BO5Si2/c1-16(2)17(3,4)23-18(22-16)15-11-13(20-24(5,6)7)14(12-19-15)21-25(8,9)10/h11,13-14H,12H2,1-10H3/t13-,14-/m1/s1. The summed E-state index contributed by atoms with van der Waals surface area (Å²) in [5.41, 5.74) is -0.0666. The zero-order valence-corrected chi connectivity index (χ0v) is 19.6. The molecule has 0 N–H and O–H groups in total. The van der Waals surface area contributed by atoms with Gasteiger partial charge in [0.05, 0.1) is 17.3 Å². The van der Waals surface area contributed by atoms with Gasteiger partial charge in [-0.3, -0.25) is 0 Å². The molecular weight excluding hydrogens is 351 g/mol. The lowest BCUT2D eigenvalue weighted by Gasteiger charge is -2.37. The highest BCUT2D eigenvalue weighted by atomic mass is 28.4. The van der Waals surface area contributed by atoms with Crippen molar-refractivity contribution in [2.45, 2.75) is 90.4 Å². The van der Waals surface area contributed by atoms with E-state index in [0.29, 0.717) is 12.3 Å². The number of ether oxygens (including phenoxy) is 1. The van der Waals surface area contributed by atoms with E-state index in [1.807, 2.05) is 33.8 Å². The van der Waals surface area contributed by atoms with Crippen molar-refractivity contribution in [2.75, 3.05) is 6.61 Å². The molecule has 0 spiro atoms. The fourth-order valence-electron chi connectivity index (χ4n) is 2.77. The maximum atomic E-state index is 6.40. The minimum absolute atomic E-state index is 0.0791. The van der Waals surface area contributed by atoms with Crippen LogP contribution in [0.3, 0.4) is 0 Å². The van der Waals surface area contributed by atoms with Gasteiger partial charge in [-0.05, 0) is 73.1 Å². The Bertz CT molecular complexity index is 506. The predicted molar refractivity (Wildman–Crippen MR) is 107 cm³/mol. The monoisotopic (exact) mass is 386 g/mol. The van der Waals surface area contributed by atoms with E-state index in [-0.39, 0.29) is 23.4 Å². The summed E-state index contributed by atoms with van der Waals surface area (Å²) in [6, 6.07) is 0. The maximum Gasteiger partial charge on any atom is 0.531 e. The van der Waals surface area contributed by atoms with E-state index in [1.165, 1.54) is 0 Å². The molecule has 25 heavy (non-hydrogen) atoms. The Morgan fingerprint density at radius 3 is 1.84 bits per heavy atom. The Hall–Kier alpha value is -0.121. The third-order valence-electron chi connectivity index (χ3n) is 4.59. The summed E-state index contributed by atoms with van der Waals surface area (Å²) in [5, 5.41) is 0. The van der Waals surface area contributed by atoms with E-state index >= 15 is 0 Å². The third-order valence-corrected chi connectivity index (χ3v) is 6.58. The normalized spacial score (nSPS) is 29.4. The summed E-state index contributed by atoms with van der Waals surface area (Å²) in [6.45, 7) is 21.8. The van der Waals surface area contributed by atoms with Crippen LogP contribution in [0.15, 0.2) is 11.7 Å². The second-order valence-corrected chi connectivity index (χ2v) is 18.9. The molecule has 8 heteroatoms. The van der Waals surface area contributed by atoms with Gasteiger partial charge in [0.2, 0.25) is 0 Å². The van der Waals surface area contributed by atoms with Crippen molar-refractivity contribution in [3.63, 3.8) is 0 Å². The van der Waals surface area contributed by atoms with Gasteiger partial charge in [0.25, 0.3) is 0 Å². The van der Waals surface area contributed by atoms with E-state index in [4.69, 9.17) is 22.9 Å². The quantitative estimate of drug-likeness (QED) is 0.669. The van der Waals surface area contributed by atoms with E-state index in [1.54, 1.807) is 0 Å². The summed E-state index contributed by atoms with van der Waals surface area (Å²) >= 11 is 0. The summed E-state index contributed by atoms with van der Waals surface area (Å²) in [7, 11) is -3.93. The molecule has 0 saturated carbocycles. The molecule has 2 aliphatic heterocycles. The summed E-state index contributed by atoms with van der Waals surface area (Å²) in [5.74, 6) is 0. The smallest absolute Gasteiger partial charge is 0.499 e. The molecule has 2 atom stereocenters. The van der Waals surface area contributed by atoms with E-state index in [2.05, 4.69) is 39.3 Å². The molecule has 0 aromatic carbocycles. The van der Waals surface area contributed by atoms with Crippen molar-refractivity contribution in [1.29, 1.82) is 0 Å². The lowest BCUT2D eigenvalue weighted by molar-refractivity contribution is 0.000417. The molecule has 2 aliphatic rings. The van der Waals surface area contributed by atoms with Crippen LogP contribution in [0.1, 0.15) is 27.7 Å². The average Bonchev–Trinajstić information content (AvgIpc) is 2.57. The van der Waals surface area contributed by atoms with Gasteiger partial charge in [-0.2, -0.15) is 0 Å². The van der Waals surface area contributed by atoms with Crippen LogP contribution in [0.4, 0.5) is 0 Å². The second kappa shape index (κ2) is 6.80. The number of hydrogen-bond acceptors (Lipinski definition) is 5. The third kappa shape index (κ3) is 5.43. The highest BCUT2D eigenvalue weighted by molar-refractivity contribution is 6.70. The van der Waals surface area contributed by atoms with Crippen molar-refractivity contribution in [2.24, 2.45) is 0 Å². The highest BCUT2D eigenvalue weighted by Crippen LogP contribution is 2.39. The van der Waals surface area contributed by atoms with E-state index in [0.717, 1.165) is 0 Å². The first-order chi connectivity index (χ1) is 11.1. The van der Waals surface area contributed by atoms with Crippen molar-refractivity contribution in [3.8, 4) is 0 Å². The molecular formula is C17H35BO5Si2. The van der Waals surface area contributed by atoms with Gasteiger partial charge in [0.15, 0.2) is 16.6 Å². The SMILES string of the molecule is CC1(C)OB(C2=C[C@@H](O[Si](C)(C)C)[C@H](O[Si](C)(C)C)CO2)OC1(C)C. The zero-order valence-electron chi connectivity index (χ0n) is 17.6. The van der Waals surface area contributed by atoms with Crippen molar-refractivity contribution in [1.82, 2.24) is 0 Å². The van der Waals surface area contributed by atoms with Gasteiger partial charge in [-0.1, -0.05) is 0 Å². The zero-order chi connectivity index (χ0) is 19.3. The van der Waals surface area contributed by atoms with Crippen LogP contribution >= 0.6 is 0 Å². The van der Waals surface area contributed by atoms with E-state index in [9.17, 15) is 0 Å². The van der Waals surface area contributed by atoms with Gasteiger partial charge < -0.3 is 22.9 Å². The molecule has 2 rings (SSSR count). The molecule has 0 radical (unpaired) electrons. The Labute approximate surface area is 155 Å². The second-order valence-electron chi connectivity index (χ2n) is 9.93. The first-order valence-electron chi connectivity index (χ1n) is 9.15. The van der Waals surface area contributed by atoms with Crippen molar-refractivity contribution in [3.05, 3.63) is 11.7 Å². The van der Waals surface area contributed by atoms with E-state index < -0.39 is 23.8 Å². The molecule has 1 fully saturated rings. The highest BCUT2D eigenvalue weighted by Gasteiger charge is 2.54. The minimum Gasteiger partial charge on any atom is -0.499 e. The Kier molecular flexibility index (Phi) is 5.76. The van der Waals surface area contributed by atoms with Crippen LogP contribution in [-0.4, -0.2) is 53.8 Å². The van der Waals surface area contributed by atoms with Crippen LogP contribution < -0.4 is 0 Å². The summed E-state index contributed by atoms with van der Waals surface area (Å²) in [6.07, 6.45) is 1.81. The molecule has 0 bridgehead atoms. The number of hydrogen-bond donors (Lipinski definition) is 0. The van der Waals surface area contributed by atoms with Gasteiger partial charge in [-0.15, -0.1) is 0 Å². The molecule has 1 saturated heterocycles. The molecule has 0 aromatic heterocycles. The van der Waals surface area contributed by atoms with Crippen molar-refractivity contribution >= 4 is 23.8 Å². The molecule has 0 amide bonds. The molecule has 2 heterocycles. The van der Waals surface area contributed by atoms with Crippen LogP contribution in [0, 0.1) is 0 Å². The van der Waals surface area contributed by atoms with Gasteiger partial charge >= 0.3 is 7.12 Å². The van der Waals surface area contributed by atoms with Gasteiger partial charge in [0, 0.05) is 0 Å². The largest absolute Gasteiger partial charge is 0.531 e. The topological polar surface area (TPSA) is 46.2 Å². The fraction of sp³-hybridized carbons (Fsp3) is 0.882. The van der Waals surface area contributed by atoms with Crippen LogP contribution in [0.2, 0.25) is 39.3 Å². The Balaban J connectivity index is 2.22. The molecule has 0 aliphatic carbocycles. The van der Waals surface area contributed by atoms with Gasteiger partial charge in [-0.25, -0.2) is 0 Å². The van der Waals surface area contributed by atoms with Crippen LogP contribution in [-0.2, 0) is 22.9 Å². The van der Waals surface area contributed by atoms with Gasteiger partial charge in [0.1, 0.15) is 18.4 Å². The first-order valence-corrected chi connectivity index (χ1v) is 16.0. The minimum atomic E-state index is -1.73. The molecule has 144 valence electrons. The molecule has 0 unspecified atom stereocenters. The Morgan fingerprint density at radius 1 is 0.920 bits per heavy atom. The maximum absolute atomic E-state index is 6.40. The van der Waals surface area contributed by atoms with Crippen molar-refractivity contribution < 1.29 is 22.9 Å². The molecule has 5 nitrogen and oxygen atoms in total. The van der Waals surface area contributed by atoms with Crippen LogP contribution in [0.25, 0.3) is 0 Å². The predicted octanol–water partition coefficient (Wildman–Crippen LogP) is 3.97. The summed E-state index contributed by atoms with van der Waals surface area (Å²) in [4.78, 5) is 0. The average molecular weight is 386 g/mol. The lowest BCUT2D eigenvalue weighted by Crippen LogP contribution is -2.48. The molecule has 0 aromatic rings. The first kappa shape index (κ1) is 21.2. The number of rotatable bonds is 5. The van der Waals surface area contributed by atoms with Crippen LogP contribution in [0.5, 0.6) is 0 Å². The fourth-order valence-corrected chi connectivity index (χ4v) is 4.92.